The highest BCUT2D eigenvalue weighted by Gasteiger charge is 2.51. The molecule has 3 heteroatoms. The second kappa shape index (κ2) is 6.87. The van der Waals surface area contributed by atoms with Crippen molar-refractivity contribution in [1.29, 1.82) is 5.41 Å². The molecular weight excluding hydrogens is 301 g/mol. The Kier molecular flexibility index (Phi) is 4.66. The highest BCUT2D eigenvalue weighted by Crippen LogP contribution is 2.58. The van der Waals surface area contributed by atoms with Gasteiger partial charge >= 0.3 is 0 Å². The molecule has 0 fully saturated rings. The van der Waals surface area contributed by atoms with Crippen molar-refractivity contribution < 1.29 is 5.11 Å². The predicted octanol–water partition coefficient (Wildman–Crippen LogP) is 2.95. The molecule has 3 rings (SSSR count). The smallest absolute Gasteiger partial charge is 0.214 e. The van der Waals surface area contributed by atoms with Gasteiger partial charge in [-0.25, -0.2) is 0 Å². The zero-order valence-corrected chi connectivity index (χ0v) is 13.6. The van der Waals surface area contributed by atoms with Crippen molar-refractivity contribution >= 4 is 29.4 Å². The monoisotopic (exact) mass is 320 g/mol. The summed E-state index contributed by atoms with van der Waals surface area (Å²) in [5, 5.41) is 21.9. The van der Waals surface area contributed by atoms with Crippen LogP contribution >= 0.6 is 7.26 Å². The van der Waals surface area contributed by atoms with E-state index >= 15 is 0 Å². The summed E-state index contributed by atoms with van der Waals surface area (Å²) in [5.41, 5.74) is 0. The number of hydrogen-bond acceptors (Lipinski definition) is 2. The van der Waals surface area contributed by atoms with E-state index in [-0.39, 0.29) is 0 Å². The number of rotatable bonds is 5. The molecule has 0 saturated heterocycles. The van der Waals surface area contributed by atoms with Crippen molar-refractivity contribution in [2.24, 2.45) is 0 Å². The molecule has 0 spiro atoms. The normalized spacial score (nSPS) is 12.6. The van der Waals surface area contributed by atoms with Gasteiger partial charge in [0, 0.05) is 0 Å². The lowest BCUT2D eigenvalue weighted by Crippen LogP contribution is -2.39. The van der Waals surface area contributed by atoms with Crippen LogP contribution < -0.4 is 15.9 Å². The summed E-state index contributed by atoms with van der Waals surface area (Å²) in [7, 11) is -2.33. The van der Waals surface area contributed by atoms with Crippen LogP contribution in [-0.2, 0) is 0 Å². The van der Waals surface area contributed by atoms with E-state index in [0.29, 0.717) is 0 Å². The molecule has 0 radical (unpaired) electrons. The van der Waals surface area contributed by atoms with Gasteiger partial charge in [-0.3, -0.25) is 0 Å². The van der Waals surface area contributed by atoms with Crippen molar-refractivity contribution in [3.05, 3.63) is 91.0 Å². The zero-order chi connectivity index (χ0) is 16.1. The molecule has 0 saturated carbocycles. The molecular formula is C20H19NOP+. The minimum Gasteiger partial charge on any atom is -0.354 e. The fourth-order valence-corrected chi connectivity index (χ4v) is 6.97. The van der Waals surface area contributed by atoms with Gasteiger partial charge in [-0.15, -0.1) is 0 Å². The molecule has 1 atom stereocenters. The van der Waals surface area contributed by atoms with Gasteiger partial charge in [0.15, 0.2) is 0 Å². The number of benzene rings is 3. The molecule has 3 aromatic rings. The maximum Gasteiger partial charge on any atom is 0.214 e. The van der Waals surface area contributed by atoms with Gasteiger partial charge in [-0.05, 0) is 36.4 Å². The Morgan fingerprint density at radius 1 is 0.652 bits per heavy atom. The van der Waals surface area contributed by atoms with Gasteiger partial charge in [-0.2, -0.15) is 0 Å². The highest BCUT2D eigenvalue weighted by molar-refractivity contribution is 7.96. The van der Waals surface area contributed by atoms with Crippen LogP contribution in [0, 0.1) is 5.41 Å². The molecule has 1 unspecified atom stereocenters. The van der Waals surface area contributed by atoms with Gasteiger partial charge in [-0.1, -0.05) is 54.6 Å². The number of aliphatic hydroxyl groups excluding tert-OH is 1. The van der Waals surface area contributed by atoms with Crippen molar-refractivity contribution in [3.8, 4) is 0 Å². The predicted molar refractivity (Wildman–Crippen MR) is 99.9 cm³/mol. The SMILES string of the molecule is N=CC(O)[P+](c1ccccc1)(c1ccccc1)c1ccccc1. The molecule has 114 valence electrons. The Bertz CT molecular complexity index is 663. The standard InChI is InChI=1S/C20H19NOP/c21-16-20(22)23(17-10-4-1-5-11-17,18-12-6-2-7-13-18)19-14-8-3-9-15-19/h1-16,20-22H/q+1. The van der Waals surface area contributed by atoms with E-state index in [4.69, 9.17) is 5.41 Å². The lowest BCUT2D eigenvalue weighted by Gasteiger charge is -2.29. The quantitative estimate of drug-likeness (QED) is 0.551. The first-order valence-corrected chi connectivity index (χ1v) is 9.40. The first-order valence-electron chi connectivity index (χ1n) is 7.54. The van der Waals surface area contributed by atoms with E-state index < -0.39 is 13.1 Å². The average molecular weight is 320 g/mol. The van der Waals surface area contributed by atoms with Crippen LogP contribution in [0.3, 0.4) is 0 Å². The molecule has 3 aromatic carbocycles. The van der Waals surface area contributed by atoms with Crippen LogP contribution in [0.25, 0.3) is 0 Å². The summed E-state index contributed by atoms with van der Waals surface area (Å²) in [6.45, 7) is 0. The lowest BCUT2D eigenvalue weighted by atomic mass is 10.4. The van der Waals surface area contributed by atoms with E-state index in [2.05, 4.69) is 36.4 Å². The largest absolute Gasteiger partial charge is 0.354 e. The molecule has 23 heavy (non-hydrogen) atoms. The summed E-state index contributed by atoms with van der Waals surface area (Å²) in [6, 6.07) is 30.2. The van der Waals surface area contributed by atoms with Crippen LogP contribution in [0.1, 0.15) is 0 Å². The maximum absolute atomic E-state index is 10.9. The molecule has 0 aliphatic carbocycles. The molecule has 0 aliphatic heterocycles. The molecule has 2 nitrogen and oxygen atoms in total. The topological polar surface area (TPSA) is 44.1 Å². The average Bonchev–Trinajstić information content (AvgIpc) is 2.65. The fourth-order valence-electron chi connectivity index (χ4n) is 3.01. The van der Waals surface area contributed by atoms with Crippen LogP contribution in [0.15, 0.2) is 91.0 Å². The van der Waals surface area contributed by atoms with Gasteiger partial charge in [0.2, 0.25) is 5.85 Å². The Morgan fingerprint density at radius 3 is 1.22 bits per heavy atom. The number of aliphatic hydroxyl groups is 1. The number of nitrogens with one attached hydrogen (secondary N) is 1. The molecule has 0 amide bonds. The van der Waals surface area contributed by atoms with Gasteiger partial charge < -0.3 is 10.5 Å². The van der Waals surface area contributed by atoms with E-state index in [0.717, 1.165) is 15.9 Å². The Balaban J connectivity index is 2.38. The van der Waals surface area contributed by atoms with Crippen molar-refractivity contribution in [2.45, 2.75) is 5.85 Å². The zero-order valence-electron chi connectivity index (χ0n) is 12.7. The van der Waals surface area contributed by atoms with Gasteiger partial charge in [0.25, 0.3) is 0 Å². The summed E-state index contributed by atoms with van der Waals surface area (Å²) in [5.74, 6) is -0.852. The van der Waals surface area contributed by atoms with E-state index in [1.807, 2.05) is 54.6 Å². The van der Waals surface area contributed by atoms with E-state index in [9.17, 15) is 5.11 Å². The Morgan fingerprint density at radius 2 is 0.957 bits per heavy atom. The Hall–Kier alpha value is -2.28. The lowest BCUT2D eigenvalue weighted by molar-refractivity contribution is 0.324. The summed E-state index contributed by atoms with van der Waals surface area (Å²) in [4.78, 5) is 0. The van der Waals surface area contributed by atoms with Crippen LogP contribution in [-0.4, -0.2) is 17.2 Å². The van der Waals surface area contributed by atoms with Crippen molar-refractivity contribution in [1.82, 2.24) is 0 Å². The second-order valence-corrected chi connectivity index (χ2v) is 8.83. The maximum atomic E-state index is 10.9. The second-order valence-electron chi connectivity index (χ2n) is 5.31. The summed E-state index contributed by atoms with van der Waals surface area (Å²) in [6.07, 6.45) is 1.17. The highest BCUT2D eigenvalue weighted by atomic mass is 31.2. The van der Waals surface area contributed by atoms with Crippen molar-refractivity contribution in [2.75, 3.05) is 0 Å². The third kappa shape index (κ3) is 2.72. The molecule has 0 aromatic heterocycles. The van der Waals surface area contributed by atoms with Crippen molar-refractivity contribution in [3.63, 3.8) is 0 Å². The minimum atomic E-state index is -2.33. The molecule has 2 N–H and O–H groups in total. The third-order valence-electron chi connectivity index (χ3n) is 4.04. The fraction of sp³-hybridized carbons (Fsp3) is 0.0500. The van der Waals surface area contributed by atoms with Crippen LogP contribution in [0.4, 0.5) is 0 Å². The molecule has 0 heterocycles. The molecule has 0 aliphatic rings. The van der Waals surface area contributed by atoms with Crippen LogP contribution in [0.2, 0.25) is 0 Å². The number of hydrogen-bond donors (Lipinski definition) is 2. The first kappa shape index (κ1) is 15.6. The third-order valence-corrected chi connectivity index (χ3v) is 8.32. The molecule has 0 bridgehead atoms. The van der Waals surface area contributed by atoms with Gasteiger partial charge in [0.1, 0.15) is 23.2 Å². The van der Waals surface area contributed by atoms with Crippen LogP contribution in [0.5, 0.6) is 0 Å². The van der Waals surface area contributed by atoms with E-state index in [1.54, 1.807) is 0 Å². The summed E-state index contributed by atoms with van der Waals surface area (Å²) < 4.78 is 0. The Labute approximate surface area is 137 Å². The summed E-state index contributed by atoms with van der Waals surface area (Å²) >= 11 is 0. The van der Waals surface area contributed by atoms with E-state index in [1.165, 1.54) is 6.21 Å². The van der Waals surface area contributed by atoms with Gasteiger partial charge in [0.05, 0.1) is 6.21 Å². The first-order chi connectivity index (χ1) is 11.3. The minimum absolute atomic E-state index is 0.852.